The molecule has 0 bridgehead atoms. The average molecular weight is 933 g/mol. The normalized spacial score (nSPS) is 12.7. The molecule has 0 amide bonds. The van der Waals surface area contributed by atoms with Crippen molar-refractivity contribution in [3.05, 3.63) is 85.1 Å². The summed E-state index contributed by atoms with van der Waals surface area (Å²) >= 11 is 0. The molecule has 0 aliphatic rings. The van der Waals surface area contributed by atoms with Gasteiger partial charge in [-0.2, -0.15) is 0 Å². The van der Waals surface area contributed by atoms with Crippen molar-refractivity contribution >= 4 is 17.9 Å². The minimum absolute atomic E-state index is 0.109. The quantitative estimate of drug-likeness (QED) is 0.0199. The fourth-order valence-electron chi connectivity index (χ4n) is 7.72. The minimum Gasteiger partial charge on any atom is -0.462 e. The van der Waals surface area contributed by atoms with Crippen LogP contribution in [-0.2, 0) is 28.6 Å². The van der Waals surface area contributed by atoms with E-state index in [0.717, 1.165) is 89.9 Å². The van der Waals surface area contributed by atoms with Crippen molar-refractivity contribution in [2.24, 2.45) is 0 Å². The van der Waals surface area contributed by atoms with Crippen LogP contribution in [0.4, 0.5) is 0 Å². The maximum absolute atomic E-state index is 12.8. The Kier molecular flexibility index (Phi) is 52.4. The van der Waals surface area contributed by atoms with Crippen LogP contribution in [0.3, 0.4) is 0 Å². The molecular weight excluding hydrogens is 829 g/mol. The molecule has 0 saturated heterocycles. The molecule has 6 heteroatoms. The van der Waals surface area contributed by atoms with Crippen molar-refractivity contribution in [3.8, 4) is 0 Å². The molecule has 0 saturated carbocycles. The lowest BCUT2D eigenvalue weighted by molar-refractivity contribution is -0.166. The van der Waals surface area contributed by atoms with Crippen LogP contribution in [0.2, 0.25) is 0 Å². The molecule has 0 radical (unpaired) electrons. The van der Waals surface area contributed by atoms with E-state index in [-0.39, 0.29) is 31.6 Å². The number of rotatable bonds is 50. The SMILES string of the molecule is CC/C=C\C/C=C\C/C=C\C/C=C\C/C=C\CCC(=O)OC(COC(=O)CCCCCCC/C=C\C=C/CCCCCCCCC)COC(=O)CCCCCCCCCCCCCCCCC. The monoisotopic (exact) mass is 933 g/mol. The third-order valence-electron chi connectivity index (χ3n) is 11.9. The number of hydrogen-bond acceptors (Lipinski definition) is 6. The van der Waals surface area contributed by atoms with Crippen molar-refractivity contribution in [3.63, 3.8) is 0 Å². The number of ether oxygens (including phenoxy) is 3. The molecule has 0 aromatic heterocycles. The molecule has 6 nitrogen and oxygen atoms in total. The third-order valence-corrected chi connectivity index (χ3v) is 11.9. The lowest BCUT2D eigenvalue weighted by Crippen LogP contribution is -2.30. The fourth-order valence-corrected chi connectivity index (χ4v) is 7.72. The first-order chi connectivity index (χ1) is 33.0. The van der Waals surface area contributed by atoms with E-state index >= 15 is 0 Å². The highest BCUT2D eigenvalue weighted by Gasteiger charge is 2.19. The van der Waals surface area contributed by atoms with Crippen LogP contribution < -0.4 is 0 Å². The van der Waals surface area contributed by atoms with E-state index in [1.807, 2.05) is 12.2 Å². The number of carbonyl (C=O) groups is 3. The van der Waals surface area contributed by atoms with Gasteiger partial charge in [-0.1, -0.05) is 254 Å². The molecule has 67 heavy (non-hydrogen) atoms. The Labute approximate surface area is 414 Å². The molecular formula is C61H104O6. The van der Waals surface area contributed by atoms with E-state index in [9.17, 15) is 14.4 Å². The maximum Gasteiger partial charge on any atom is 0.306 e. The minimum atomic E-state index is -0.821. The Balaban J connectivity index is 4.50. The number of unbranched alkanes of at least 4 members (excludes halogenated alkanes) is 26. The van der Waals surface area contributed by atoms with Gasteiger partial charge in [-0.25, -0.2) is 0 Å². The van der Waals surface area contributed by atoms with Crippen LogP contribution >= 0.6 is 0 Å². The van der Waals surface area contributed by atoms with Gasteiger partial charge >= 0.3 is 17.9 Å². The molecule has 0 aliphatic heterocycles. The lowest BCUT2D eigenvalue weighted by atomic mass is 10.0. The smallest absolute Gasteiger partial charge is 0.306 e. The second-order valence-corrected chi connectivity index (χ2v) is 18.5. The van der Waals surface area contributed by atoms with E-state index in [2.05, 4.69) is 93.7 Å². The first kappa shape index (κ1) is 63.6. The highest BCUT2D eigenvalue weighted by atomic mass is 16.6. The predicted molar refractivity (Wildman–Crippen MR) is 288 cm³/mol. The standard InChI is InChI=1S/C61H104O6/c1-4-7-10-13-16-19-22-25-28-30-31-34-36-39-42-45-48-51-54-60(63)66-57-58(56-65-59(62)53-50-47-44-41-38-35-32-27-24-21-18-15-12-9-6-3)67-61(64)55-52-49-46-43-40-37-33-29-26-23-20-17-14-11-8-5-2/h8,11,17,20,26,28-31,34,37,40,46,49,58H,4-7,9-10,12-16,18-19,21-25,27,32-33,35-36,38-39,41-45,47-48,50-57H2,1-3H3/b11-8-,20-17-,29-26-,30-28-,34-31-,40-37-,49-46-. The Morgan fingerprint density at radius 1 is 0.328 bits per heavy atom. The van der Waals surface area contributed by atoms with Gasteiger partial charge in [-0.3, -0.25) is 14.4 Å². The molecule has 1 unspecified atom stereocenters. The highest BCUT2D eigenvalue weighted by Crippen LogP contribution is 2.15. The summed E-state index contributed by atoms with van der Waals surface area (Å²) in [6.45, 7) is 6.46. The largest absolute Gasteiger partial charge is 0.462 e. The Hall–Kier alpha value is -3.41. The van der Waals surface area contributed by atoms with E-state index in [1.165, 1.54) is 128 Å². The Morgan fingerprint density at radius 3 is 1.03 bits per heavy atom. The first-order valence-corrected chi connectivity index (χ1v) is 28.1. The maximum atomic E-state index is 12.8. The topological polar surface area (TPSA) is 78.9 Å². The van der Waals surface area contributed by atoms with Crippen LogP contribution in [0.25, 0.3) is 0 Å². The molecule has 1 atom stereocenters. The van der Waals surface area contributed by atoms with E-state index in [1.54, 1.807) is 0 Å². The predicted octanol–water partition coefficient (Wildman–Crippen LogP) is 18.8. The van der Waals surface area contributed by atoms with Gasteiger partial charge in [0.25, 0.3) is 0 Å². The molecule has 0 fully saturated rings. The summed E-state index contributed by atoms with van der Waals surface area (Å²) in [5.41, 5.74) is 0. The molecule has 0 N–H and O–H groups in total. The van der Waals surface area contributed by atoms with E-state index < -0.39 is 12.1 Å². The number of carbonyl (C=O) groups excluding carboxylic acids is 3. The highest BCUT2D eigenvalue weighted by molar-refractivity contribution is 5.71. The zero-order chi connectivity index (χ0) is 48.6. The molecule has 0 aromatic rings. The van der Waals surface area contributed by atoms with E-state index in [0.29, 0.717) is 19.3 Å². The van der Waals surface area contributed by atoms with Gasteiger partial charge in [0.15, 0.2) is 6.10 Å². The van der Waals surface area contributed by atoms with E-state index in [4.69, 9.17) is 14.2 Å². The Bertz CT molecular complexity index is 1300. The summed E-state index contributed by atoms with van der Waals surface area (Å²) < 4.78 is 16.8. The van der Waals surface area contributed by atoms with Crippen molar-refractivity contribution in [2.75, 3.05) is 13.2 Å². The number of allylic oxidation sites excluding steroid dienone is 14. The van der Waals surface area contributed by atoms with Gasteiger partial charge in [-0.05, 0) is 77.0 Å². The zero-order valence-corrected chi connectivity index (χ0v) is 43.9. The molecule has 384 valence electrons. The number of hydrogen-bond donors (Lipinski definition) is 0. The molecule has 0 heterocycles. The van der Waals surface area contributed by atoms with Gasteiger partial charge in [0.05, 0.1) is 0 Å². The van der Waals surface area contributed by atoms with Crippen LogP contribution in [0.5, 0.6) is 0 Å². The van der Waals surface area contributed by atoms with Crippen LogP contribution in [-0.4, -0.2) is 37.2 Å². The lowest BCUT2D eigenvalue weighted by Gasteiger charge is -2.18. The molecule has 0 aromatic carbocycles. The molecule has 0 spiro atoms. The summed E-state index contributed by atoms with van der Waals surface area (Å²) in [6, 6.07) is 0. The second kappa shape index (κ2) is 55.2. The third kappa shape index (κ3) is 53.4. The zero-order valence-electron chi connectivity index (χ0n) is 43.9. The van der Waals surface area contributed by atoms with Gasteiger partial charge in [0, 0.05) is 19.3 Å². The fraction of sp³-hybridized carbons (Fsp3) is 0.721. The summed E-state index contributed by atoms with van der Waals surface area (Å²) in [5, 5.41) is 0. The van der Waals surface area contributed by atoms with Gasteiger partial charge in [0.1, 0.15) is 13.2 Å². The van der Waals surface area contributed by atoms with Crippen LogP contribution in [0.15, 0.2) is 85.1 Å². The summed E-state index contributed by atoms with van der Waals surface area (Å²) in [6.07, 6.45) is 71.5. The van der Waals surface area contributed by atoms with Crippen molar-refractivity contribution in [1.82, 2.24) is 0 Å². The number of esters is 3. The van der Waals surface area contributed by atoms with Gasteiger partial charge in [-0.15, -0.1) is 0 Å². The van der Waals surface area contributed by atoms with Crippen LogP contribution in [0, 0.1) is 0 Å². The average Bonchev–Trinajstić information content (AvgIpc) is 3.33. The summed E-state index contributed by atoms with van der Waals surface area (Å²) in [7, 11) is 0. The van der Waals surface area contributed by atoms with Gasteiger partial charge in [0.2, 0.25) is 0 Å². The second-order valence-electron chi connectivity index (χ2n) is 18.5. The van der Waals surface area contributed by atoms with Crippen molar-refractivity contribution in [1.29, 1.82) is 0 Å². The Morgan fingerprint density at radius 2 is 0.657 bits per heavy atom. The molecule has 0 rings (SSSR count). The first-order valence-electron chi connectivity index (χ1n) is 28.1. The van der Waals surface area contributed by atoms with Crippen molar-refractivity contribution in [2.45, 2.75) is 271 Å². The van der Waals surface area contributed by atoms with Gasteiger partial charge < -0.3 is 14.2 Å². The molecule has 0 aliphatic carbocycles. The van der Waals surface area contributed by atoms with Crippen LogP contribution in [0.1, 0.15) is 265 Å². The van der Waals surface area contributed by atoms with Crippen molar-refractivity contribution < 1.29 is 28.6 Å². The summed E-state index contributed by atoms with van der Waals surface area (Å²) in [4.78, 5) is 38.1. The summed E-state index contributed by atoms with van der Waals surface area (Å²) in [5.74, 6) is -1.00.